The second-order valence-corrected chi connectivity index (χ2v) is 4.84. The van der Waals surface area contributed by atoms with Crippen molar-refractivity contribution in [2.45, 2.75) is 0 Å². The number of aromatic nitrogens is 1. The molecule has 0 fully saturated rings. The van der Waals surface area contributed by atoms with Crippen molar-refractivity contribution in [2.24, 2.45) is 0 Å². The fourth-order valence-corrected chi connectivity index (χ4v) is 2.42. The molecule has 1 aromatic heterocycles. The van der Waals surface area contributed by atoms with Crippen LogP contribution in [0.25, 0.3) is 22.6 Å². The number of halogens is 1. The Kier molecular flexibility index (Phi) is 3.35. The summed E-state index contributed by atoms with van der Waals surface area (Å²) in [5, 5.41) is 0.410. The van der Waals surface area contributed by atoms with E-state index in [-0.39, 0.29) is 0 Å². The van der Waals surface area contributed by atoms with Gasteiger partial charge in [0.05, 0.1) is 24.9 Å². The minimum Gasteiger partial charge on any atom is -0.497 e. The van der Waals surface area contributed by atoms with Crippen LogP contribution in [0.4, 0.5) is 5.69 Å². The maximum atomic E-state index is 6.14. The number of methoxy groups -OCH3 is 2. The highest BCUT2D eigenvalue weighted by atomic mass is 35.5. The van der Waals surface area contributed by atoms with E-state index in [1.165, 1.54) is 7.11 Å². The highest BCUT2D eigenvalue weighted by Gasteiger charge is 2.14. The number of nitrogen functional groups attached to an aromatic ring is 1. The molecule has 0 bridgehead atoms. The maximum absolute atomic E-state index is 6.14. The number of hydrogen-bond acceptors (Lipinski definition) is 5. The summed E-state index contributed by atoms with van der Waals surface area (Å²) in [6, 6.07) is 8.84. The van der Waals surface area contributed by atoms with Crippen LogP contribution in [0.3, 0.4) is 0 Å². The third-order valence-electron chi connectivity index (χ3n) is 3.12. The van der Waals surface area contributed by atoms with E-state index in [1.807, 2.05) is 6.07 Å². The van der Waals surface area contributed by atoms with Crippen molar-refractivity contribution in [3.63, 3.8) is 0 Å². The Morgan fingerprint density at radius 2 is 1.95 bits per heavy atom. The lowest BCUT2D eigenvalue weighted by Crippen LogP contribution is -1.94. The number of benzene rings is 2. The monoisotopic (exact) mass is 304 g/mol. The Hall–Kier alpha value is -2.40. The van der Waals surface area contributed by atoms with E-state index < -0.39 is 0 Å². The summed E-state index contributed by atoms with van der Waals surface area (Å²) in [4.78, 5) is 4.43. The highest BCUT2D eigenvalue weighted by molar-refractivity contribution is 6.32. The van der Waals surface area contributed by atoms with Gasteiger partial charge in [-0.2, -0.15) is 0 Å². The Morgan fingerprint density at radius 1 is 1.14 bits per heavy atom. The number of rotatable bonds is 3. The zero-order chi connectivity index (χ0) is 15.0. The van der Waals surface area contributed by atoms with Crippen LogP contribution in [0, 0.1) is 0 Å². The fraction of sp³-hybridized carbons (Fsp3) is 0.133. The van der Waals surface area contributed by atoms with Gasteiger partial charge in [0, 0.05) is 11.6 Å². The minimum atomic E-state index is 0.410. The molecule has 0 aliphatic rings. The Morgan fingerprint density at radius 3 is 2.62 bits per heavy atom. The maximum Gasteiger partial charge on any atom is 0.227 e. The van der Waals surface area contributed by atoms with Gasteiger partial charge in [-0.15, -0.1) is 0 Å². The average Bonchev–Trinajstić information content (AvgIpc) is 2.89. The third kappa shape index (κ3) is 2.36. The van der Waals surface area contributed by atoms with Crippen LogP contribution in [-0.4, -0.2) is 19.2 Å². The molecule has 0 aliphatic carbocycles. The number of ether oxygens (including phenoxy) is 2. The van der Waals surface area contributed by atoms with Crippen LogP contribution in [0.5, 0.6) is 11.5 Å². The van der Waals surface area contributed by atoms with Gasteiger partial charge in [0.2, 0.25) is 5.89 Å². The van der Waals surface area contributed by atoms with Gasteiger partial charge >= 0.3 is 0 Å². The molecule has 1 heterocycles. The van der Waals surface area contributed by atoms with Gasteiger partial charge < -0.3 is 19.6 Å². The summed E-state index contributed by atoms with van der Waals surface area (Å²) in [6.07, 6.45) is 0. The number of nitrogens with two attached hydrogens (primary N) is 1. The van der Waals surface area contributed by atoms with Gasteiger partial charge in [0.1, 0.15) is 11.3 Å². The molecule has 5 nitrogen and oxygen atoms in total. The zero-order valence-corrected chi connectivity index (χ0v) is 12.3. The van der Waals surface area contributed by atoms with Crippen molar-refractivity contribution in [1.82, 2.24) is 4.98 Å². The summed E-state index contributed by atoms with van der Waals surface area (Å²) in [5.74, 6) is 1.60. The van der Waals surface area contributed by atoms with Crippen LogP contribution < -0.4 is 15.2 Å². The molecular weight excluding hydrogens is 292 g/mol. The summed E-state index contributed by atoms with van der Waals surface area (Å²) < 4.78 is 16.0. The molecule has 0 atom stereocenters. The third-order valence-corrected chi connectivity index (χ3v) is 3.40. The number of nitrogens with zero attached hydrogens (tertiary/aromatic N) is 1. The van der Waals surface area contributed by atoms with Crippen LogP contribution >= 0.6 is 11.6 Å². The quantitative estimate of drug-likeness (QED) is 0.746. The van der Waals surface area contributed by atoms with Crippen LogP contribution in [0.1, 0.15) is 0 Å². The van der Waals surface area contributed by atoms with Gasteiger partial charge in [0.15, 0.2) is 11.3 Å². The van der Waals surface area contributed by atoms with Crippen molar-refractivity contribution in [2.75, 3.05) is 20.0 Å². The lowest BCUT2D eigenvalue weighted by atomic mass is 10.2. The fourth-order valence-electron chi connectivity index (χ4n) is 2.11. The highest BCUT2D eigenvalue weighted by Crippen LogP contribution is 2.36. The number of oxazole rings is 1. The van der Waals surface area contributed by atoms with Crippen LogP contribution in [-0.2, 0) is 0 Å². The van der Waals surface area contributed by atoms with E-state index in [9.17, 15) is 0 Å². The predicted octanol–water partition coefficient (Wildman–Crippen LogP) is 3.75. The molecule has 3 rings (SSSR count). The van der Waals surface area contributed by atoms with Crippen molar-refractivity contribution in [3.8, 4) is 23.0 Å². The summed E-state index contributed by atoms with van der Waals surface area (Å²) in [5.41, 5.74) is 8.40. The zero-order valence-electron chi connectivity index (χ0n) is 11.5. The first-order valence-corrected chi connectivity index (χ1v) is 6.58. The molecular formula is C15H13ClN2O3. The Bertz CT molecular complexity index is 791. The molecule has 2 aromatic carbocycles. The van der Waals surface area contributed by atoms with Crippen molar-refractivity contribution < 1.29 is 13.9 Å². The van der Waals surface area contributed by atoms with E-state index >= 15 is 0 Å². The lowest BCUT2D eigenvalue weighted by molar-refractivity contribution is 0.415. The standard InChI is InChI=1S/C15H13ClN2O3/c1-19-9-3-4-13-12(7-9)18-15(21-13)8-5-10(16)14(20-2)11(17)6-8/h3-7H,17H2,1-2H3. The predicted molar refractivity (Wildman–Crippen MR) is 82.0 cm³/mol. The number of anilines is 1. The second kappa shape index (κ2) is 5.18. The van der Waals surface area contributed by atoms with E-state index in [1.54, 1.807) is 31.4 Å². The van der Waals surface area contributed by atoms with E-state index in [4.69, 9.17) is 31.2 Å². The van der Waals surface area contributed by atoms with Gasteiger partial charge in [0.25, 0.3) is 0 Å². The molecule has 0 amide bonds. The largest absolute Gasteiger partial charge is 0.497 e. The molecule has 3 aromatic rings. The van der Waals surface area contributed by atoms with Gasteiger partial charge in [-0.1, -0.05) is 11.6 Å². The van der Waals surface area contributed by atoms with Gasteiger partial charge in [-0.3, -0.25) is 0 Å². The SMILES string of the molecule is COc1ccc2oc(-c3cc(N)c(OC)c(Cl)c3)nc2c1. The van der Waals surface area contributed by atoms with Crippen LogP contribution in [0.2, 0.25) is 5.02 Å². The first-order chi connectivity index (χ1) is 10.1. The van der Waals surface area contributed by atoms with E-state index in [0.717, 1.165) is 5.75 Å². The number of fused-ring (bicyclic) bond motifs is 1. The smallest absolute Gasteiger partial charge is 0.227 e. The molecule has 6 heteroatoms. The van der Waals surface area contributed by atoms with Crippen LogP contribution in [0.15, 0.2) is 34.7 Å². The molecule has 0 radical (unpaired) electrons. The molecule has 0 saturated carbocycles. The molecule has 0 unspecified atom stereocenters. The van der Waals surface area contributed by atoms with Gasteiger partial charge in [-0.05, 0) is 24.3 Å². The van der Waals surface area contributed by atoms with Gasteiger partial charge in [-0.25, -0.2) is 4.98 Å². The Labute approximate surface area is 126 Å². The molecule has 0 saturated heterocycles. The van der Waals surface area contributed by atoms with Crippen molar-refractivity contribution in [1.29, 1.82) is 0 Å². The van der Waals surface area contributed by atoms with E-state index in [2.05, 4.69) is 4.98 Å². The molecule has 0 spiro atoms. The first-order valence-electron chi connectivity index (χ1n) is 6.20. The molecule has 108 valence electrons. The molecule has 0 aliphatic heterocycles. The minimum absolute atomic E-state index is 0.410. The summed E-state index contributed by atoms with van der Waals surface area (Å²) >= 11 is 6.14. The lowest BCUT2D eigenvalue weighted by Gasteiger charge is -2.07. The average molecular weight is 305 g/mol. The first kappa shape index (κ1) is 13.6. The topological polar surface area (TPSA) is 70.5 Å². The Balaban J connectivity index is 2.12. The second-order valence-electron chi connectivity index (χ2n) is 4.43. The normalized spacial score (nSPS) is 10.8. The molecule has 2 N–H and O–H groups in total. The summed E-state index contributed by atoms with van der Waals surface area (Å²) in [7, 11) is 3.12. The van der Waals surface area contributed by atoms with Crippen molar-refractivity contribution in [3.05, 3.63) is 35.4 Å². The summed E-state index contributed by atoms with van der Waals surface area (Å²) in [6.45, 7) is 0. The molecule has 21 heavy (non-hydrogen) atoms. The number of hydrogen-bond donors (Lipinski definition) is 1. The van der Waals surface area contributed by atoms with E-state index in [0.29, 0.717) is 39.0 Å². The van der Waals surface area contributed by atoms with Crippen molar-refractivity contribution >= 4 is 28.4 Å².